The fraction of sp³-hybridized carbons (Fsp3) is 0.625. The van der Waals surface area contributed by atoms with E-state index in [-0.39, 0.29) is 6.10 Å². The van der Waals surface area contributed by atoms with Crippen molar-refractivity contribution in [1.29, 1.82) is 0 Å². The van der Waals surface area contributed by atoms with Gasteiger partial charge in [0.15, 0.2) is 0 Å². The van der Waals surface area contributed by atoms with E-state index < -0.39 is 0 Å². The maximum Gasteiger partial charge on any atom is 0.123 e. The molecule has 3 nitrogen and oxygen atoms in total. The molecule has 0 bridgehead atoms. The van der Waals surface area contributed by atoms with Crippen LogP contribution in [0.4, 0.5) is 0 Å². The molecule has 0 amide bonds. The summed E-state index contributed by atoms with van der Waals surface area (Å²) in [6.07, 6.45) is 5.34. The number of fused-ring (bicyclic) bond motifs is 1. The Bertz CT molecular complexity index is 503. The molecule has 0 radical (unpaired) electrons. The molecule has 3 aliphatic rings. The number of rotatable bonds is 4. The molecule has 1 N–H and O–H groups in total. The number of hydrogen-bond acceptors (Lipinski definition) is 3. The van der Waals surface area contributed by atoms with Crippen LogP contribution < -0.4 is 10.1 Å². The van der Waals surface area contributed by atoms with Crippen LogP contribution in [0.3, 0.4) is 0 Å². The molecular weight excluding hydrogens is 272 g/mol. The molecular formula is C16H21ClN2O. The van der Waals surface area contributed by atoms with Crippen LogP contribution in [0.1, 0.15) is 24.8 Å². The van der Waals surface area contributed by atoms with Gasteiger partial charge in [0, 0.05) is 43.2 Å². The van der Waals surface area contributed by atoms with Crippen molar-refractivity contribution in [3.05, 3.63) is 28.8 Å². The van der Waals surface area contributed by atoms with E-state index in [0.717, 1.165) is 29.8 Å². The van der Waals surface area contributed by atoms with Gasteiger partial charge in [0.25, 0.3) is 0 Å². The highest BCUT2D eigenvalue weighted by molar-refractivity contribution is 6.30. The first-order chi connectivity index (χ1) is 9.78. The van der Waals surface area contributed by atoms with E-state index in [9.17, 15) is 0 Å². The van der Waals surface area contributed by atoms with E-state index in [1.165, 1.54) is 37.9 Å². The Hall–Kier alpha value is -0.770. The summed E-state index contributed by atoms with van der Waals surface area (Å²) in [6, 6.07) is 7.46. The number of nitrogens with one attached hydrogen (secondary N) is 1. The molecule has 4 rings (SSSR count). The third-order valence-electron chi connectivity index (χ3n) is 4.68. The molecule has 0 spiro atoms. The van der Waals surface area contributed by atoms with E-state index >= 15 is 0 Å². The molecule has 1 aromatic rings. The minimum atomic E-state index is 0.262. The molecule has 0 aromatic heterocycles. The fourth-order valence-electron chi connectivity index (χ4n) is 3.43. The maximum atomic E-state index is 6.03. The summed E-state index contributed by atoms with van der Waals surface area (Å²) < 4.78 is 5.97. The number of ether oxygens (including phenoxy) is 1. The van der Waals surface area contributed by atoms with Crippen molar-refractivity contribution < 1.29 is 4.74 Å². The van der Waals surface area contributed by atoms with Crippen LogP contribution in [0.15, 0.2) is 18.2 Å². The zero-order chi connectivity index (χ0) is 13.5. The van der Waals surface area contributed by atoms with Gasteiger partial charge in [-0.15, -0.1) is 0 Å². The lowest BCUT2D eigenvalue weighted by Gasteiger charge is -2.18. The summed E-state index contributed by atoms with van der Waals surface area (Å²) in [7, 11) is 0. The molecule has 1 aromatic carbocycles. The quantitative estimate of drug-likeness (QED) is 0.923. The Morgan fingerprint density at radius 2 is 2.20 bits per heavy atom. The molecule has 2 unspecified atom stereocenters. The number of likely N-dealkylation sites (tertiary alicyclic amines) is 1. The zero-order valence-electron chi connectivity index (χ0n) is 11.6. The standard InChI is InChI=1S/C16H21ClN2O/c17-12-1-4-16-11(7-12)8-15(20-16)9-18-13-5-6-19(10-13)14-2-3-14/h1,4,7,13-15,18H,2-3,5-6,8-10H2. The van der Waals surface area contributed by atoms with Crippen LogP contribution in [0.2, 0.25) is 5.02 Å². The van der Waals surface area contributed by atoms with E-state index in [4.69, 9.17) is 16.3 Å². The summed E-state index contributed by atoms with van der Waals surface area (Å²) >= 11 is 6.03. The van der Waals surface area contributed by atoms with Crippen LogP contribution >= 0.6 is 11.6 Å². The van der Waals surface area contributed by atoms with Crippen molar-refractivity contribution in [1.82, 2.24) is 10.2 Å². The molecule has 2 heterocycles. The molecule has 1 aliphatic carbocycles. The number of hydrogen-bond donors (Lipinski definition) is 1. The van der Waals surface area contributed by atoms with E-state index in [1.54, 1.807) is 0 Å². The predicted molar refractivity (Wildman–Crippen MR) is 80.6 cm³/mol. The smallest absolute Gasteiger partial charge is 0.123 e. The van der Waals surface area contributed by atoms with Gasteiger partial charge >= 0.3 is 0 Å². The zero-order valence-corrected chi connectivity index (χ0v) is 12.4. The normalized spacial score (nSPS) is 29.4. The van der Waals surface area contributed by atoms with Gasteiger partial charge in [-0.2, -0.15) is 0 Å². The average Bonchev–Trinajstić information content (AvgIpc) is 3.04. The van der Waals surface area contributed by atoms with Crippen molar-refractivity contribution in [2.24, 2.45) is 0 Å². The van der Waals surface area contributed by atoms with Crippen molar-refractivity contribution in [2.45, 2.75) is 43.9 Å². The van der Waals surface area contributed by atoms with Gasteiger partial charge in [0.05, 0.1) is 0 Å². The Balaban J connectivity index is 1.27. The first kappa shape index (κ1) is 12.9. The van der Waals surface area contributed by atoms with Crippen molar-refractivity contribution in [3.63, 3.8) is 0 Å². The molecule has 4 heteroatoms. The Kier molecular flexibility index (Phi) is 3.37. The van der Waals surface area contributed by atoms with Gasteiger partial charge in [0.1, 0.15) is 11.9 Å². The summed E-state index contributed by atoms with van der Waals surface area (Å²) in [5.41, 5.74) is 1.25. The second kappa shape index (κ2) is 5.21. The summed E-state index contributed by atoms with van der Waals surface area (Å²) in [5.74, 6) is 1.01. The van der Waals surface area contributed by atoms with Crippen LogP contribution in [0, 0.1) is 0 Å². The van der Waals surface area contributed by atoms with Gasteiger partial charge < -0.3 is 10.1 Å². The number of benzene rings is 1. The lowest BCUT2D eigenvalue weighted by atomic mass is 10.1. The summed E-state index contributed by atoms with van der Waals surface area (Å²) in [4.78, 5) is 2.64. The van der Waals surface area contributed by atoms with Gasteiger partial charge in [-0.3, -0.25) is 4.90 Å². The lowest BCUT2D eigenvalue weighted by Crippen LogP contribution is -2.39. The Morgan fingerprint density at radius 3 is 3.05 bits per heavy atom. The summed E-state index contributed by atoms with van der Waals surface area (Å²) in [5, 5.41) is 4.49. The second-order valence-electron chi connectivity index (χ2n) is 6.32. The van der Waals surface area contributed by atoms with E-state index in [2.05, 4.69) is 10.2 Å². The highest BCUT2D eigenvalue weighted by atomic mass is 35.5. The molecule has 108 valence electrons. The van der Waals surface area contributed by atoms with Gasteiger partial charge in [-0.05, 0) is 43.0 Å². The highest BCUT2D eigenvalue weighted by Gasteiger charge is 2.34. The van der Waals surface area contributed by atoms with Gasteiger partial charge in [-0.1, -0.05) is 11.6 Å². The topological polar surface area (TPSA) is 24.5 Å². The third-order valence-corrected chi connectivity index (χ3v) is 4.92. The van der Waals surface area contributed by atoms with E-state index in [0.29, 0.717) is 6.04 Å². The van der Waals surface area contributed by atoms with Crippen molar-refractivity contribution in [3.8, 4) is 5.75 Å². The first-order valence-electron chi connectivity index (χ1n) is 7.70. The molecule has 1 saturated carbocycles. The molecule has 1 saturated heterocycles. The van der Waals surface area contributed by atoms with Crippen LogP contribution in [-0.2, 0) is 6.42 Å². The largest absolute Gasteiger partial charge is 0.488 e. The maximum absolute atomic E-state index is 6.03. The Morgan fingerprint density at radius 1 is 1.30 bits per heavy atom. The minimum Gasteiger partial charge on any atom is -0.488 e. The molecule has 2 aliphatic heterocycles. The molecule has 2 atom stereocenters. The first-order valence-corrected chi connectivity index (χ1v) is 8.08. The fourth-order valence-corrected chi connectivity index (χ4v) is 3.62. The third kappa shape index (κ3) is 2.67. The van der Waals surface area contributed by atoms with Crippen molar-refractivity contribution >= 4 is 11.6 Å². The lowest BCUT2D eigenvalue weighted by molar-refractivity contribution is 0.220. The highest BCUT2D eigenvalue weighted by Crippen LogP contribution is 2.32. The van der Waals surface area contributed by atoms with Crippen LogP contribution in [0.5, 0.6) is 5.75 Å². The minimum absolute atomic E-state index is 0.262. The average molecular weight is 293 g/mol. The molecule has 20 heavy (non-hydrogen) atoms. The van der Waals surface area contributed by atoms with Gasteiger partial charge in [-0.25, -0.2) is 0 Å². The number of nitrogens with zero attached hydrogens (tertiary/aromatic N) is 1. The summed E-state index contributed by atoms with van der Waals surface area (Å²) in [6.45, 7) is 3.43. The Labute approximate surface area is 125 Å². The van der Waals surface area contributed by atoms with E-state index in [1.807, 2.05) is 18.2 Å². The SMILES string of the molecule is Clc1ccc2c(c1)CC(CNC1CCN(C3CC3)C1)O2. The van der Waals surface area contributed by atoms with Crippen molar-refractivity contribution in [2.75, 3.05) is 19.6 Å². The predicted octanol–water partition coefficient (Wildman–Crippen LogP) is 2.47. The van der Waals surface area contributed by atoms with Gasteiger partial charge in [0.2, 0.25) is 0 Å². The van der Waals surface area contributed by atoms with Crippen LogP contribution in [-0.4, -0.2) is 42.7 Å². The number of halogens is 1. The monoisotopic (exact) mass is 292 g/mol. The second-order valence-corrected chi connectivity index (χ2v) is 6.75. The van der Waals surface area contributed by atoms with Crippen LogP contribution in [0.25, 0.3) is 0 Å². The molecule has 2 fully saturated rings.